The second-order valence-electron chi connectivity index (χ2n) is 26.3. The number of nitrogens with two attached hydrogens (primary N) is 2. The Morgan fingerprint density at radius 1 is 0.623 bits per heavy atom. The Hall–Kier alpha value is -9.17. The van der Waals surface area contributed by atoms with Crippen LogP contribution < -0.4 is 63.2 Å². The highest BCUT2D eigenvalue weighted by Gasteiger charge is 2.55. The summed E-state index contributed by atoms with van der Waals surface area (Å²) in [7, 11) is 0. The molecule has 1 unspecified atom stereocenters. The summed E-state index contributed by atoms with van der Waals surface area (Å²) in [6.07, 6.45) is -32.5. The van der Waals surface area contributed by atoms with Gasteiger partial charge in [-0.1, -0.05) is 110 Å². The molecule has 4 amide bonds. The molecule has 0 aromatic heterocycles. The standard InChI is InChI=1S/C68H88N12O26/c1-29(31-11-5-2-6-12-31)44-60(97)74-35(21-30-17-19-34(20-18-30)102-65-56(94)53(91)57(106-66-55(93)52(90)50(88)40(27-83)104-66)41(105-65)28-101-64(100)43(32-13-7-3-8-14-32)33-15-9-4-10-16-33)59(96)78-45(47(85)36-22-72-67(69)76-36)62(99)79-46(61(98)75-37(25-81)58(95)71-24-42(84)77-44)48(86)38-23-73-68(70)80(38)63-54(92)51(89)49(87)39(26-82)103-63/h2-20,29,35-41,43-57,63,65-66,81-83,85-94H,21-28H2,1H3,(H11,69,70,71,72,73,74,75,76,77,78,79,84,95,96,97,98,99)/p+2/t29-,35-,36+,37?,38+,39+,40+,41-,44-,45+,46-,47-,48-,49+,50+,51+,52+,53+,54+,55+,56-,57+,63-,65-,66+/m1/s1. The van der Waals surface area contributed by atoms with Gasteiger partial charge in [-0.15, -0.1) is 0 Å². The highest BCUT2D eigenvalue weighted by atomic mass is 16.7. The lowest BCUT2D eigenvalue weighted by Gasteiger charge is -2.46. The molecule has 0 saturated carbocycles. The van der Waals surface area contributed by atoms with Crippen LogP contribution in [0.25, 0.3) is 0 Å². The van der Waals surface area contributed by atoms with Crippen molar-refractivity contribution in [3.63, 3.8) is 0 Å². The first-order chi connectivity index (χ1) is 50.7. The van der Waals surface area contributed by atoms with Crippen molar-refractivity contribution in [2.75, 3.05) is 46.1 Å². The highest BCUT2D eigenvalue weighted by molar-refractivity contribution is 5.97. The summed E-state index contributed by atoms with van der Waals surface area (Å²) in [5.41, 5.74) is 14.1. The van der Waals surface area contributed by atoms with Crippen LogP contribution >= 0.6 is 0 Å². The maximum atomic E-state index is 15.3. The van der Waals surface area contributed by atoms with Gasteiger partial charge in [0.25, 0.3) is 0 Å². The number of hydrogen-bond donors (Lipinski definition) is 24. The minimum absolute atomic E-state index is 0.0866. The van der Waals surface area contributed by atoms with Crippen LogP contribution in [0.15, 0.2) is 120 Å². The van der Waals surface area contributed by atoms with E-state index in [0.717, 1.165) is 4.58 Å². The molecule has 3 saturated heterocycles. The molecule has 6 aliphatic heterocycles. The van der Waals surface area contributed by atoms with Crippen LogP contribution in [0, 0.1) is 0 Å². The van der Waals surface area contributed by atoms with Crippen molar-refractivity contribution in [2.45, 2.75) is 172 Å². The molecule has 6 heterocycles. The lowest BCUT2D eigenvalue weighted by molar-refractivity contribution is -0.663. The van der Waals surface area contributed by atoms with E-state index >= 15 is 14.4 Å². The lowest BCUT2D eigenvalue weighted by Crippen LogP contribution is -2.80. The molecule has 4 aromatic rings. The lowest BCUT2D eigenvalue weighted by atomic mass is 9.91. The number of aliphatic hydroxyl groups excluding tert-OH is 14. The number of aliphatic imine (C=N–C) groups is 1. The fourth-order valence-corrected chi connectivity index (χ4v) is 13.3. The van der Waals surface area contributed by atoms with E-state index in [1.165, 1.54) is 24.3 Å². The Morgan fingerprint density at radius 3 is 1.76 bits per heavy atom. The van der Waals surface area contributed by atoms with E-state index in [0.29, 0.717) is 16.7 Å². The second kappa shape index (κ2) is 35.5. The first-order valence-electron chi connectivity index (χ1n) is 34.1. The van der Waals surface area contributed by atoms with Crippen molar-refractivity contribution in [3.8, 4) is 5.75 Å². The summed E-state index contributed by atoms with van der Waals surface area (Å²) >= 11 is 0. The van der Waals surface area contributed by atoms with Gasteiger partial charge in [0, 0.05) is 18.2 Å². The first-order valence-corrected chi connectivity index (χ1v) is 34.1. The van der Waals surface area contributed by atoms with Gasteiger partial charge in [0.1, 0.15) is 147 Å². The largest absolute Gasteiger partial charge is 0.858 e. The molecule has 0 bridgehead atoms. The van der Waals surface area contributed by atoms with Crippen LogP contribution in [0.2, 0.25) is 0 Å². The van der Waals surface area contributed by atoms with E-state index in [1.807, 2.05) is 0 Å². The number of hydrogen-bond acceptors (Lipinski definition) is 30. The number of rotatable bonds is 21. The number of nitrogens with one attached hydrogen (secondary N) is 8. The molecule has 0 spiro atoms. The number of carbonyl (C=O) groups is 5. The normalized spacial score (nSPS) is 33.8. The molecule has 38 heteroatoms. The number of carbonyl (C=O) groups excluding carboxylic acids is 5. The van der Waals surface area contributed by atoms with Crippen molar-refractivity contribution in [2.24, 2.45) is 16.5 Å². The average Bonchev–Trinajstić information content (AvgIpc) is 1.52. The quantitative estimate of drug-likeness (QED) is 0.0272. The molecule has 25 atom stereocenters. The van der Waals surface area contributed by atoms with Crippen LogP contribution in [0.1, 0.15) is 41.0 Å². The fourth-order valence-electron chi connectivity index (χ4n) is 13.3. The number of ether oxygens (including phenoxy) is 6. The monoisotopic (exact) mass is 1490 g/mol. The van der Waals surface area contributed by atoms with Gasteiger partial charge in [-0.2, -0.15) is 0 Å². The summed E-state index contributed by atoms with van der Waals surface area (Å²) in [4.78, 5) is 83.9. The van der Waals surface area contributed by atoms with E-state index in [1.54, 1.807) is 97.9 Å². The summed E-state index contributed by atoms with van der Waals surface area (Å²) < 4.78 is 36.5. The van der Waals surface area contributed by atoms with Crippen molar-refractivity contribution < 1.29 is 144 Å². The molecule has 4 aromatic carbocycles. The maximum absolute atomic E-state index is 15.3. The zero-order valence-corrected chi connectivity index (χ0v) is 56.8. The number of amides is 4. The molecule has 0 aliphatic carbocycles. The third-order valence-corrected chi connectivity index (χ3v) is 19.3. The van der Waals surface area contributed by atoms with Crippen LogP contribution in [0.4, 0.5) is 0 Å². The van der Waals surface area contributed by atoms with Gasteiger partial charge in [0.2, 0.25) is 36.1 Å². The Kier molecular flexibility index (Phi) is 26.6. The number of esters is 1. The van der Waals surface area contributed by atoms with Crippen LogP contribution in [-0.2, 0) is 54.1 Å². The van der Waals surface area contributed by atoms with Gasteiger partial charge in [-0.05, 0) is 34.4 Å². The van der Waals surface area contributed by atoms with Crippen molar-refractivity contribution in [1.29, 1.82) is 0 Å². The van der Waals surface area contributed by atoms with Crippen molar-refractivity contribution in [3.05, 3.63) is 138 Å². The Morgan fingerprint density at radius 2 is 1.17 bits per heavy atom. The SMILES string of the molecule is C[C@H](c1ccccc1)[C@H]1N=C([O-])C[NH+]=C(O)C(CO)NC(=O)[C@@H]([C@H](O)[C@@H]2CNC(N)=[N+]2[C@@H]2O[C@@H](CO)[C@H](O)[C@H](O)[C@@H]2O)NC(=O)[C@H]([C@H](O)[C@@H]2C[NH+]=C(N)N2)NC(=O)[C@@H](Cc2ccc(O[C@@H]3O[C@H](COC(=O)C(c4ccccc4)c4ccccc4)[C@H](O[C@@H]4O[C@@H](CO)[C@H](O)[C@H](O)[C@@H]4O)[C@@H](O)[C@H]3O)cc2)NC1=O. The molecular formula is C68H90N12O26+2. The Balaban J connectivity index is 0.970. The van der Waals surface area contributed by atoms with E-state index < -0.39 is 246 Å². The summed E-state index contributed by atoms with van der Waals surface area (Å²) in [6, 6.07) is 18.1. The maximum Gasteiger partial charge on any atom is 0.358 e. The smallest absolute Gasteiger partial charge is 0.358 e. The topological polar surface area (TPSA) is 615 Å². The molecule has 26 N–H and O–H groups in total. The number of nitrogens with zero attached hydrogens (tertiary/aromatic N) is 2. The molecular weight excluding hydrogens is 1400 g/mol. The highest BCUT2D eigenvalue weighted by Crippen LogP contribution is 2.34. The van der Waals surface area contributed by atoms with Gasteiger partial charge >= 0.3 is 23.8 Å². The number of guanidine groups is 2. The third-order valence-electron chi connectivity index (χ3n) is 19.3. The zero-order valence-electron chi connectivity index (χ0n) is 56.8. The predicted molar refractivity (Wildman–Crippen MR) is 359 cm³/mol. The van der Waals surface area contributed by atoms with E-state index in [-0.39, 0.29) is 29.8 Å². The Labute approximate surface area is 604 Å². The van der Waals surface area contributed by atoms with Crippen LogP contribution in [0.3, 0.4) is 0 Å². The number of aliphatic hydroxyl groups is 14. The zero-order chi connectivity index (χ0) is 76.4. The third kappa shape index (κ3) is 18.1. The minimum atomic E-state index is -2.32. The molecule has 38 nitrogen and oxygen atoms in total. The van der Waals surface area contributed by atoms with Gasteiger partial charge in [-0.25, -0.2) is 9.57 Å². The molecule has 0 radical (unpaired) electrons. The summed E-state index contributed by atoms with van der Waals surface area (Å²) in [5, 5.41) is 184. The number of benzene rings is 4. The Bertz CT molecular complexity index is 3740. The molecule has 3 fully saturated rings. The van der Waals surface area contributed by atoms with Crippen molar-refractivity contribution in [1.82, 2.24) is 31.9 Å². The molecule has 106 heavy (non-hydrogen) atoms. The fraction of sp³-hybridized carbons (Fsp3) is 0.515. The average molecular weight is 1490 g/mol. The van der Waals surface area contributed by atoms with Crippen LogP contribution in [-0.4, -0.2) is 322 Å². The van der Waals surface area contributed by atoms with E-state index in [9.17, 15) is 86.2 Å². The minimum Gasteiger partial charge on any atom is -0.858 e. The second-order valence-corrected chi connectivity index (χ2v) is 26.3. The van der Waals surface area contributed by atoms with Crippen LogP contribution in [0.5, 0.6) is 5.75 Å². The van der Waals surface area contributed by atoms with Crippen molar-refractivity contribution >= 4 is 53.3 Å². The van der Waals surface area contributed by atoms with E-state index in [4.69, 9.17) is 39.9 Å². The first kappa shape index (κ1) is 79.4. The molecule has 10 rings (SSSR count). The summed E-state index contributed by atoms with van der Waals surface area (Å²) in [6.45, 7) is -3.59. The van der Waals surface area contributed by atoms with Gasteiger partial charge in [0.15, 0.2) is 18.9 Å². The van der Waals surface area contributed by atoms with Gasteiger partial charge in [-0.3, -0.25) is 56.1 Å². The van der Waals surface area contributed by atoms with Gasteiger partial charge < -0.3 is 126 Å². The van der Waals surface area contributed by atoms with Gasteiger partial charge in [0.05, 0.1) is 26.4 Å². The summed E-state index contributed by atoms with van der Waals surface area (Å²) in [5.74, 6) is -10.5. The predicted octanol–water partition coefficient (Wildman–Crippen LogP) is -14.3. The molecule has 576 valence electrons. The molecule has 6 aliphatic rings. The van der Waals surface area contributed by atoms with E-state index in [2.05, 4.69) is 46.9 Å².